The fourth-order valence-corrected chi connectivity index (χ4v) is 3.34. The topological polar surface area (TPSA) is 23.6 Å². The first kappa shape index (κ1) is 16.3. The number of rotatable bonds is 5. The average molecular weight is 329 g/mol. The van der Waals surface area contributed by atoms with E-state index >= 15 is 0 Å². The van der Waals surface area contributed by atoms with Crippen LogP contribution >= 0.6 is 23.4 Å². The molecule has 0 unspecified atom stereocenters. The van der Waals surface area contributed by atoms with E-state index in [1.54, 1.807) is 6.07 Å². The molecule has 3 nitrogen and oxygen atoms in total. The Kier molecular flexibility index (Phi) is 6.08. The van der Waals surface area contributed by atoms with Gasteiger partial charge in [-0.15, -0.1) is 18.3 Å². The molecule has 1 aromatic carbocycles. The van der Waals surface area contributed by atoms with E-state index < -0.39 is 0 Å². The van der Waals surface area contributed by atoms with Crippen molar-refractivity contribution in [3.63, 3.8) is 0 Å². The Labute approximate surface area is 133 Å². The monoisotopic (exact) mass is 328 g/mol. The molecule has 0 saturated carbocycles. The molecule has 0 spiro atoms. The number of hydrogen-bond donors (Lipinski definition) is 0. The molecule has 0 atom stereocenters. The zero-order valence-electron chi connectivity index (χ0n) is 11.7. The van der Waals surface area contributed by atoms with E-state index in [2.05, 4.69) is 11.5 Å². The summed E-state index contributed by atoms with van der Waals surface area (Å²) in [6.07, 6.45) is 1.88. The van der Waals surface area contributed by atoms with Gasteiger partial charge in [0.1, 0.15) is 5.82 Å². The van der Waals surface area contributed by atoms with Crippen LogP contribution < -0.4 is 0 Å². The van der Waals surface area contributed by atoms with Crippen molar-refractivity contribution in [1.29, 1.82) is 0 Å². The second-order valence-electron chi connectivity index (χ2n) is 4.83. The number of piperazine rings is 1. The van der Waals surface area contributed by atoms with Gasteiger partial charge in [0, 0.05) is 37.6 Å². The van der Waals surface area contributed by atoms with Gasteiger partial charge in [0.15, 0.2) is 0 Å². The Morgan fingerprint density at radius 2 is 2.10 bits per heavy atom. The second-order valence-corrected chi connectivity index (χ2v) is 6.26. The summed E-state index contributed by atoms with van der Waals surface area (Å²) in [6, 6.07) is 4.23. The van der Waals surface area contributed by atoms with Crippen molar-refractivity contribution >= 4 is 29.3 Å². The van der Waals surface area contributed by atoms with E-state index in [0.717, 1.165) is 37.6 Å². The molecule has 0 aromatic heterocycles. The molecule has 6 heteroatoms. The van der Waals surface area contributed by atoms with E-state index in [-0.39, 0.29) is 11.7 Å². The highest BCUT2D eigenvalue weighted by molar-refractivity contribution is 8.00. The van der Waals surface area contributed by atoms with Crippen LogP contribution in [0.1, 0.15) is 0 Å². The fraction of sp³-hybridized carbons (Fsp3) is 0.400. The van der Waals surface area contributed by atoms with Crippen molar-refractivity contribution in [1.82, 2.24) is 9.80 Å². The molecule has 114 valence electrons. The van der Waals surface area contributed by atoms with E-state index in [4.69, 9.17) is 11.6 Å². The van der Waals surface area contributed by atoms with Crippen molar-refractivity contribution in [3.8, 4) is 0 Å². The van der Waals surface area contributed by atoms with Gasteiger partial charge < -0.3 is 4.90 Å². The lowest BCUT2D eigenvalue weighted by Crippen LogP contribution is -2.49. The van der Waals surface area contributed by atoms with Crippen LogP contribution in [-0.2, 0) is 4.79 Å². The molecule has 0 bridgehead atoms. The molecule has 0 radical (unpaired) electrons. The molecule has 1 aliphatic heterocycles. The predicted octanol–water partition coefficient (Wildman–Crippen LogP) is 2.90. The van der Waals surface area contributed by atoms with Gasteiger partial charge >= 0.3 is 0 Å². The molecule has 0 N–H and O–H groups in total. The summed E-state index contributed by atoms with van der Waals surface area (Å²) in [7, 11) is 0. The normalized spacial score (nSPS) is 16.0. The van der Waals surface area contributed by atoms with Crippen molar-refractivity contribution in [2.45, 2.75) is 4.90 Å². The maximum absolute atomic E-state index is 13.0. The molecular formula is C15H18ClFN2OS. The van der Waals surface area contributed by atoms with Crippen molar-refractivity contribution in [2.24, 2.45) is 0 Å². The van der Waals surface area contributed by atoms with Crippen LogP contribution in [0.2, 0.25) is 5.02 Å². The van der Waals surface area contributed by atoms with Gasteiger partial charge in [-0.05, 0) is 18.2 Å². The number of halogens is 2. The van der Waals surface area contributed by atoms with Crippen LogP contribution in [0.4, 0.5) is 4.39 Å². The van der Waals surface area contributed by atoms with E-state index in [1.807, 2.05) is 11.0 Å². The Morgan fingerprint density at radius 3 is 2.71 bits per heavy atom. The first-order chi connectivity index (χ1) is 10.1. The number of carbonyl (C=O) groups is 1. The summed E-state index contributed by atoms with van der Waals surface area (Å²) in [6.45, 7) is 7.82. The standard InChI is InChI=1S/C15H18ClFN2OS/c1-2-5-18-6-8-19(9-7-18)15(20)11-21-14-4-3-12(17)10-13(14)16/h2-4,10H,1,5-9,11H2. The van der Waals surface area contributed by atoms with Crippen LogP contribution in [0.15, 0.2) is 35.7 Å². The van der Waals surface area contributed by atoms with Gasteiger partial charge in [0.25, 0.3) is 0 Å². The summed E-state index contributed by atoms with van der Waals surface area (Å²) in [5.74, 6) is 0.0555. The number of hydrogen-bond acceptors (Lipinski definition) is 3. The maximum atomic E-state index is 13.0. The molecule has 1 heterocycles. The number of benzene rings is 1. The Bertz CT molecular complexity index is 518. The smallest absolute Gasteiger partial charge is 0.233 e. The Morgan fingerprint density at radius 1 is 1.38 bits per heavy atom. The SMILES string of the molecule is C=CCN1CCN(C(=O)CSc2ccc(F)cc2Cl)CC1. The van der Waals surface area contributed by atoms with Gasteiger partial charge in [-0.2, -0.15) is 0 Å². The minimum Gasteiger partial charge on any atom is -0.339 e. The molecule has 1 aliphatic rings. The van der Waals surface area contributed by atoms with Crippen LogP contribution in [-0.4, -0.2) is 54.2 Å². The molecular weight excluding hydrogens is 311 g/mol. The van der Waals surface area contributed by atoms with Gasteiger partial charge in [-0.25, -0.2) is 4.39 Å². The molecule has 2 rings (SSSR count). The molecule has 1 fully saturated rings. The third-order valence-corrected chi connectivity index (χ3v) is 4.84. The van der Waals surface area contributed by atoms with Gasteiger partial charge in [0.05, 0.1) is 10.8 Å². The summed E-state index contributed by atoms with van der Waals surface area (Å²) in [5, 5.41) is 0.351. The molecule has 1 aromatic rings. The van der Waals surface area contributed by atoms with Crippen molar-refractivity contribution in [2.75, 3.05) is 38.5 Å². The van der Waals surface area contributed by atoms with E-state index in [1.165, 1.54) is 23.9 Å². The molecule has 1 saturated heterocycles. The highest BCUT2D eigenvalue weighted by Crippen LogP contribution is 2.27. The molecule has 21 heavy (non-hydrogen) atoms. The summed E-state index contributed by atoms with van der Waals surface area (Å²) >= 11 is 7.30. The zero-order valence-corrected chi connectivity index (χ0v) is 13.3. The first-order valence-electron chi connectivity index (χ1n) is 6.79. The van der Waals surface area contributed by atoms with Gasteiger partial charge in [-0.3, -0.25) is 9.69 Å². The van der Waals surface area contributed by atoms with Crippen molar-refractivity contribution in [3.05, 3.63) is 41.7 Å². The first-order valence-corrected chi connectivity index (χ1v) is 8.15. The third-order valence-electron chi connectivity index (χ3n) is 3.36. The average Bonchev–Trinajstić information content (AvgIpc) is 2.47. The highest BCUT2D eigenvalue weighted by atomic mass is 35.5. The summed E-state index contributed by atoms with van der Waals surface area (Å²) in [4.78, 5) is 17.0. The minimum absolute atomic E-state index is 0.0960. The number of thioether (sulfide) groups is 1. The lowest BCUT2D eigenvalue weighted by molar-refractivity contribution is -0.129. The largest absolute Gasteiger partial charge is 0.339 e. The fourth-order valence-electron chi connectivity index (χ4n) is 2.19. The minimum atomic E-state index is -0.367. The van der Waals surface area contributed by atoms with E-state index in [0.29, 0.717) is 10.8 Å². The number of carbonyl (C=O) groups excluding carboxylic acids is 1. The predicted molar refractivity (Wildman–Crippen MR) is 85.4 cm³/mol. The lowest BCUT2D eigenvalue weighted by Gasteiger charge is -2.34. The Hall–Kier alpha value is -1.04. The summed E-state index contributed by atoms with van der Waals surface area (Å²) < 4.78 is 13.0. The highest BCUT2D eigenvalue weighted by Gasteiger charge is 2.20. The quantitative estimate of drug-likeness (QED) is 0.613. The van der Waals surface area contributed by atoms with Crippen LogP contribution in [0, 0.1) is 5.82 Å². The van der Waals surface area contributed by atoms with Crippen LogP contribution in [0.5, 0.6) is 0 Å². The Balaban J connectivity index is 1.81. The third kappa shape index (κ3) is 4.73. The maximum Gasteiger partial charge on any atom is 0.233 e. The van der Waals surface area contributed by atoms with Gasteiger partial charge in [0.2, 0.25) is 5.91 Å². The number of nitrogens with zero attached hydrogens (tertiary/aromatic N) is 2. The van der Waals surface area contributed by atoms with Crippen LogP contribution in [0.25, 0.3) is 0 Å². The molecule has 1 amide bonds. The van der Waals surface area contributed by atoms with Gasteiger partial charge in [-0.1, -0.05) is 17.7 Å². The lowest BCUT2D eigenvalue weighted by atomic mass is 10.3. The van der Waals surface area contributed by atoms with Crippen LogP contribution in [0.3, 0.4) is 0 Å². The molecule has 0 aliphatic carbocycles. The van der Waals surface area contributed by atoms with Crippen molar-refractivity contribution < 1.29 is 9.18 Å². The van der Waals surface area contributed by atoms with E-state index in [9.17, 15) is 9.18 Å². The number of amides is 1. The zero-order chi connectivity index (χ0) is 15.2. The summed E-state index contributed by atoms with van der Waals surface area (Å²) in [5.41, 5.74) is 0. The second kappa shape index (κ2) is 7.82.